The van der Waals surface area contributed by atoms with E-state index < -0.39 is 27.1 Å². The summed E-state index contributed by atoms with van der Waals surface area (Å²) >= 11 is 0. The van der Waals surface area contributed by atoms with Crippen LogP contribution in [0.1, 0.15) is 10.4 Å². The number of amides is 1. The summed E-state index contributed by atoms with van der Waals surface area (Å²) in [6.07, 6.45) is 0. The number of nitro benzene ring substituents is 2. The maximum absolute atomic E-state index is 12.4. The first kappa shape index (κ1) is 19.4. The lowest BCUT2D eigenvalue weighted by Gasteiger charge is -2.14. The van der Waals surface area contributed by atoms with Gasteiger partial charge in [-0.3, -0.25) is 25.0 Å². The number of methoxy groups -OCH3 is 3. The summed E-state index contributed by atoms with van der Waals surface area (Å²) in [6, 6.07) is 5.56. The Morgan fingerprint density at radius 3 is 1.70 bits per heavy atom. The van der Waals surface area contributed by atoms with E-state index in [4.69, 9.17) is 14.2 Å². The highest BCUT2D eigenvalue weighted by atomic mass is 16.6. The number of nitrogens with zero attached hydrogens (tertiary/aromatic N) is 2. The van der Waals surface area contributed by atoms with Crippen LogP contribution < -0.4 is 19.5 Å². The second-order valence-corrected chi connectivity index (χ2v) is 5.12. The molecule has 0 aliphatic rings. The van der Waals surface area contributed by atoms with Gasteiger partial charge in [0, 0.05) is 30.0 Å². The molecule has 0 aliphatic carbocycles. The molecule has 0 saturated heterocycles. The second-order valence-electron chi connectivity index (χ2n) is 5.12. The summed E-state index contributed by atoms with van der Waals surface area (Å²) in [5.74, 6) is 0.0782. The summed E-state index contributed by atoms with van der Waals surface area (Å²) in [7, 11) is 4.21. The van der Waals surface area contributed by atoms with E-state index in [0.29, 0.717) is 5.75 Å². The Hall–Kier alpha value is -3.89. The monoisotopic (exact) mass is 377 g/mol. The molecule has 0 unspecified atom stereocenters. The Balaban J connectivity index is 2.43. The topological polar surface area (TPSA) is 143 Å². The quantitative estimate of drug-likeness (QED) is 0.573. The van der Waals surface area contributed by atoms with Crippen LogP contribution in [0.4, 0.5) is 17.1 Å². The zero-order chi connectivity index (χ0) is 20.1. The number of anilines is 1. The minimum absolute atomic E-state index is 0.239. The minimum atomic E-state index is -0.816. The first-order valence-electron chi connectivity index (χ1n) is 7.36. The zero-order valence-electron chi connectivity index (χ0n) is 14.5. The molecule has 0 saturated carbocycles. The molecule has 27 heavy (non-hydrogen) atoms. The van der Waals surface area contributed by atoms with Gasteiger partial charge < -0.3 is 19.5 Å². The SMILES string of the molecule is COc1cc(NC(=O)c2cc([N+](=O)[O-])cc([N+](=O)[O-])c2)cc(OC)c1OC. The Morgan fingerprint density at radius 1 is 0.852 bits per heavy atom. The average Bonchev–Trinajstić information content (AvgIpc) is 2.66. The van der Waals surface area contributed by atoms with Gasteiger partial charge in [0.2, 0.25) is 5.75 Å². The van der Waals surface area contributed by atoms with Crippen molar-refractivity contribution >= 4 is 23.0 Å². The molecular weight excluding hydrogens is 362 g/mol. The molecule has 0 aliphatic heterocycles. The van der Waals surface area contributed by atoms with Crippen molar-refractivity contribution < 1.29 is 28.9 Å². The number of non-ortho nitro benzene ring substituents is 2. The second kappa shape index (κ2) is 7.99. The van der Waals surface area contributed by atoms with Crippen molar-refractivity contribution in [2.45, 2.75) is 0 Å². The van der Waals surface area contributed by atoms with Crippen molar-refractivity contribution in [3.63, 3.8) is 0 Å². The highest BCUT2D eigenvalue weighted by molar-refractivity contribution is 6.05. The van der Waals surface area contributed by atoms with Gasteiger partial charge in [0.05, 0.1) is 42.8 Å². The highest BCUT2D eigenvalue weighted by Gasteiger charge is 2.21. The third-order valence-corrected chi connectivity index (χ3v) is 3.51. The molecule has 0 radical (unpaired) electrons. The van der Waals surface area contributed by atoms with Gasteiger partial charge in [0.1, 0.15) is 0 Å². The number of benzene rings is 2. The van der Waals surface area contributed by atoms with Gasteiger partial charge in [-0.2, -0.15) is 0 Å². The molecule has 0 spiro atoms. The number of rotatable bonds is 7. The number of ether oxygens (including phenoxy) is 3. The van der Waals surface area contributed by atoms with E-state index in [2.05, 4.69) is 5.32 Å². The van der Waals surface area contributed by atoms with Crippen LogP contribution in [-0.4, -0.2) is 37.1 Å². The normalized spacial score (nSPS) is 10.0. The number of carbonyl (C=O) groups is 1. The van der Waals surface area contributed by atoms with Gasteiger partial charge in [-0.05, 0) is 0 Å². The van der Waals surface area contributed by atoms with Crippen molar-refractivity contribution in [1.82, 2.24) is 0 Å². The molecule has 0 heterocycles. The fraction of sp³-hybridized carbons (Fsp3) is 0.188. The van der Waals surface area contributed by atoms with Gasteiger partial charge in [-0.1, -0.05) is 0 Å². The van der Waals surface area contributed by atoms with Crippen LogP contribution in [0.2, 0.25) is 0 Å². The molecule has 11 nitrogen and oxygen atoms in total. The lowest BCUT2D eigenvalue weighted by molar-refractivity contribution is -0.394. The molecule has 0 aromatic heterocycles. The van der Waals surface area contributed by atoms with E-state index in [1.165, 1.54) is 33.5 Å². The first-order valence-corrected chi connectivity index (χ1v) is 7.36. The smallest absolute Gasteiger partial charge is 0.277 e. The number of nitro groups is 2. The molecule has 1 amide bonds. The Kier molecular flexibility index (Phi) is 5.75. The number of nitrogens with one attached hydrogen (secondary N) is 1. The van der Waals surface area contributed by atoms with E-state index in [0.717, 1.165) is 18.2 Å². The van der Waals surface area contributed by atoms with Gasteiger partial charge in [0.25, 0.3) is 17.3 Å². The molecule has 2 aromatic rings. The lowest BCUT2D eigenvalue weighted by atomic mass is 10.1. The van der Waals surface area contributed by atoms with Crippen LogP contribution in [-0.2, 0) is 0 Å². The number of hydrogen-bond acceptors (Lipinski definition) is 8. The first-order chi connectivity index (χ1) is 12.8. The van der Waals surface area contributed by atoms with Gasteiger partial charge in [-0.15, -0.1) is 0 Å². The predicted octanol–water partition coefficient (Wildman–Crippen LogP) is 2.78. The number of hydrogen-bond donors (Lipinski definition) is 1. The van der Waals surface area contributed by atoms with Crippen molar-refractivity contribution in [3.8, 4) is 17.2 Å². The third kappa shape index (κ3) is 4.21. The predicted molar refractivity (Wildman–Crippen MR) is 93.8 cm³/mol. The van der Waals surface area contributed by atoms with Crippen molar-refractivity contribution in [2.75, 3.05) is 26.6 Å². The Labute approximate surface area is 152 Å². The van der Waals surface area contributed by atoms with Crippen molar-refractivity contribution in [2.24, 2.45) is 0 Å². The summed E-state index contributed by atoms with van der Waals surface area (Å²) < 4.78 is 15.5. The fourth-order valence-corrected chi connectivity index (χ4v) is 2.29. The Morgan fingerprint density at radius 2 is 1.33 bits per heavy atom. The maximum atomic E-state index is 12.4. The molecule has 1 N–H and O–H groups in total. The molecule has 142 valence electrons. The van der Waals surface area contributed by atoms with Gasteiger partial charge >= 0.3 is 0 Å². The molecular formula is C16H15N3O8. The van der Waals surface area contributed by atoms with Crippen LogP contribution in [0.25, 0.3) is 0 Å². The average molecular weight is 377 g/mol. The van der Waals surface area contributed by atoms with Crippen LogP contribution in [0.5, 0.6) is 17.2 Å². The van der Waals surface area contributed by atoms with Crippen LogP contribution in [0.3, 0.4) is 0 Å². The molecule has 0 fully saturated rings. The standard InChI is InChI=1S/C16H15N3O8/c1-25-13-6-10(7-14(26-2)15(13)27-3)17-16(20)9-4-11(18(21)22)8-12(5-9)19(23)24/h4-8H,1-3H3,(H,17,20). The van der Waals surface area contributed by atoms with Crippen LogP contribution >= 0.6 is 0 Å². The van der Waals surface area contributed by atoms with E-state index in [1.807, 2.05) is 0 Å². The highest BCUT2D eigenvalue weighted by Crippen LogP contribution is 2.40. The zero-order valence-corrected chi connectivity index (χ0v) is 14.5. The van der Waals surface area contributed by atoms with Crippen LogP contribution in [0.15, 0.2) is 30.3 Å². The Bertz CT molecular complexity index is 855. The minimum Gasteiger partial charge on any atom is -0.493 e. The van der Waals surface area contributed by atoms with Crippen molar-refractivity contribution in [3.05, 3.63) is 56.1 Å². The third-order valence-electron chi connectivity index (χ3n) is 3.51. The van der Waals surface area contributed by atoms with E-state index in [-0.39, 0.29) is 22.7 Å². The van der Waals surface area contributed by atoms with Crippen LogP contribution in [0, 0.1) is 20.2 Å². The van der Waals surface area contributed by atoms with Crippen molar-refractivity contribution in [1.29, 1.82) is 0 Å². The fourth-order valence-electron chi connectivity index (χ4n) is 2.29. The molecule has 11 heteroatoms. The summed E-state index contributed by atoms with van der Waals surface area (Å²) in [5, 5.41) is 24.4. The largest absolute Gasteiger partial charge is 0.493 e. The summed E-state index contributed by atoms with van der Waals surface area (Å²) in [6.45, 7) is 0. The number of carbonyl (C=O) groups excluding carboxylic acids is 1. The van der Waals surface area contributed by atoms with Gasteiger partial charge in [-0.25, -0.2) is 0 Å². The summed E-state index contributed by atoms with van der Waals surface area (Å²) in [4.78, 5) is 32.7. The summed E-state index contributed by atoms with van der Waals surface area (Å²) in [5.41, 5.74) is -1.15. The van der Waals surface area contributed by atoms with E-state index in [1.54, 1.807) is 0 Å². The lowest BCUT2D eigenvalue weighted by Crippen LogP contribution is -2.13. The van der Waals surface area contributed by atoms with E-state index >= 15 is 0 Å². The van der Waals surface area contributed by atoms with E-state index in [9.17, 15) is 25.0 Å². The maximum Gasteiger partial charge on any atom is 0.277 e. The molecule has 0 atom stereocenters. The molecule has 2 rings (SSSR count). The molecule has 2 aromatic carbocycles. The van der Waals surface area contributed by atoms with Gasteiger partial charge in [0.15, 0.2) is 11.5 Å². The molecule has 0 bridgehead atoms.